The Balaban J connectivity index is 2.16. The molecule has 0 radical (unpaired) electrons. The summed E-state index contributed by atoms with van der Waals surface area (Å²) in [6.45, 7) is 0.276. The Kier molecular flexibility index (Phi) is 4.49. The number of carbonyl (C=O) groups excluding carboxylic acids is 1. The first kappa shape index (κ1) is 12.8. The van der Waals surface area contributed by atoms with E-state index in [1.54, 1.807) is 5.51 Å². The Morgan fingerprint density at radius 3 is 3.00 bits per heavy atom. The number of hydrogen-bond donors (Lipinski definition) is 1. The van der Waals surface area contributed by atoms with Crippen LogP contribution in [0.2, 0.25) is 0 Å². The lowest BCUT2D eigenvalue weighted by molar-refractivity contribution is -0.106. The summed E-state index contributed by atoms with van der Waals surface area (Å²) in [4.78, 5) is 11.2. The van der Waals surface area contributed by atoms with Crippen LogP contribution in [0.1, 0.15) is 10.6 Å². The Hall–Kier alpha value is -1.66. The van der Waals surface area contributed by atoms with E-state index in [0.29, 0.717) is 6.42 Å². The minimum absolute atomic E-state index is 0.276. The van der Waals surface area contributed by atoms with Crippen LogP contribution >= 0.6 is 23.6 Å². The number of benzene rings is 1. The Labute approximate surface area is 114 Å². The van der Waals surface area contributed by atoms with Gasteiger partial charge >= 0.3 is 0 Å². The zero-order valence-electron chi connectivity index (χ0n) is 9.50. The predicted octanol–water partition coefficient (Wildman–Crippen LogP) is 2.11. The van der Waals surface area contributed by atoms with Crippen molar-refractivity contribution in [2.75, 3.05) is 11.9 Å². The van der Waals surface area contributed by atoms with E-state index in [4.69, 9.17) is 12.2 Å². The van der Waals surface area contributed by atoms with Gasteiger partial charge in [0.05, 0.1) is 6.54 Å². The zero-order valence-corrected chi connectivity index (χ0v) is 11.1. The van der Waals surface area contributed by atoms with Crippen molar-refractivity contribution >= 4 is 40.4 Å². The van der Waals surface area contributed by atoms with Gasteiger partial charge in [-0.05, 0) is 6.07 Å². The van der Waals surface area contributed by atoms with Crippen LogP contribution in [-0.2, 0) is 11.2 Å². The van der Waals surface area contributed by atoms with Crippen molar-refractivity contribution in [2.24, 2.45) is 0 Å². The summed E-state index contributed by atoms with van der Waals surface area (Å²) < 4.78 is 0. The fourth-order valence-corrected chi connectivity index (χ4v) is 2.48. The van der Waals surface area contributed by atoms with Crippen molar-refractivity contribution in [1.29, 1.82) is 0 Å². The van der Waals surface area contributed by atoms with E-state index in [2.05, 4.69) is 15.5 Å². The Morgan fingerprint density at radius 1 is 1.44 bits per heavy atom. The highest BCUT2D eigenvalue weighted by molar-refractivity contribution is 7.80. The van der Waals surface area contributed by atoms with Gasteiger partial charge in [0.1, 0.15) is 16.8 Å². The molecule has 1 aromatic carbocycles. The molecule has 6 heteroatoms. The number of rotatable bonds is 6. The molecule has 0 amide bonds. The van der Waals surface area contributed by atoms with Gasteiger partial charge in [0.2, 0.25) is 0 Å². The number of aromatic nitrogens is 2. The Morgan fingerprint density at radius 2 is 2.28 bits per heavy atom. The van der Waals surface area contributed by atoms with Crippen LogP contribution < -0.4 is 5.32 Å². The molecule has 0 atom stereocenters. The Bertz CT molecular complexity index is 540. The molecular weight excluding hydrogens is 266 g/mol. The van der Waals surface area contributed by atoms with Crippen LogP contribution in [0.5, 0.6) is 0 Å². The van der Waals surface area contributed by atoms with E-state index in [1.807, 2.05) is 24.3 Å². The first-order valence-corrected chi connectivity index (χ1v) is 6.65. The lowest BCUT2D eigenvalue weighted by atomic mass is 10.1. The van der Waals surface area contributed by atoms with E-state index in [1.165, 1.54) is 11.3 Å². The monoisotopic (exact) mass is 277 g/mol. The topological polar surface area (TPSA) is 54.9 Å². The molecule has 0 fully saturated rings. The van der Waals surface area contributed by atoms with E-state index >= 15 is 0 Å². The highest BCUT2D eigenvalue weighted by Crippen LogP contribution is 2.18. The van der Waals surface area contributed by atoms with Crippen LogP contribution in [0.15, 0.2) is 29.8 Å². The van der Waals surface area contributed by atoms with Crippen molar-refractivity contribution in [3.63, 3.8) is 0 Å². The molecule has 0 aliphatic rings. The summed E-state index contributed by atoms with van der Waals surface area (Å²) in [5.74, 6) is 0. The first-order valence-electron chi connectivity index (χ1n) is 5.36. The summed E-state index contributed by atoms with van der Waals surface area (Å²) in [7, 11) is 0. The molecule has 92 valence electrons. The van der Waals surface area contributed by atoms with Crippen molar-refractivity contribution in [1.82, 2.24) is 10.2 Å². The van der Waals surface area contributed by atoms with Gasteiger partial charge in [0.15, 0.2) is 0 Å². The quantitative estimate of drug-likeness (QED) is 0.498. The highest BCUT2D eigenvalue weighted by Gasteiger charge is 2.09. The number of anilines is 1. The van der Waals surface area contributed by atoms with E-state index in [0.717, 1.165) is 27.4 Å². The molecule has 0 spiro atoms. The number of hydrogen-bond acceptors (Lipinski definition) is 6. The average molecular weight is 277 g/mol. The van der Waals surface area contributed by atoms with E-state index < -0.39 is 0 Å². The molecule has 1 aromatic heterocycles. The number of para-hydroxylation sites is 1. The van der Waals surface area contributed by atoms with Crippen LogP contribution in [0.25, 0.3) is 0 Å². The summed E-state index contributed by atoms with van der Waals surface area (Å²) in [6.07, 6.45) is 1.42. The SMILES string of the molecule is O=CCNc1ccccc1C(=S)Cc1nncs1. The van der Waals surface area contributed by atoms with Crippen molar-refractivity contribution < 1.29 is 4.79 Å². The maximum atomic E-state index is 10.4. The van der Waals surface area contributed by atoms with Gasteiger partial charge in [-0.3, -0.25) is 0 Å². The third kappa shape index (κ3) is 3.18. The van der Waals surface area contributed by atoms with Crippen LogP contribution in [0, 0.1) is 0 Å². The van der Waals surface area contributed by atoms with Gasteiger partial charge in [-0.2, -0.15) is 0 Å². The summed E-state index contributed by atoms with van der Waals surface area (Å²) in [5, 5.41) is 11.7. The second-order valence-electron chi connectivity index (χ2n) is 3.53. The third-order valence-electron chi connectivity index (χ3n) is 2.32. The molecule has 0 aliphatic carbocycles. The molecule has 0 saturated carbocycles. The minimum atomic E-state index is 0.276. The minimum Gasteiger partial charge on any atom is -0.378 e. The normalized spacial score (nSPS) is 10.0. The molecule has 0 bridgehead atoms. The number of carbonyl (C=O) groups is 1. The molecule has 18 heavy (non-hydrogen) atoms. The molecule has 2 aromatic rings. The number of nitrogens with zero attached hydrogens (tertiary/aromatic N) is 2. The fourth-order valence-electron chi connectivity index (χ4n) is 1.54. The largest absolute Gasteiger partial charge is 0.378 e. The molecule has 1 N–H and O–H groups in total. The molecule has 4 nitrogen and oxygen atoms in total. The fraction of sp³-hybridized carbons (Fsp3) is 0.167. The first-order chi connectivity index (χ1) is 8.81. The van der Waals surface area contributed by atoms with E-state index in [-0.39, 0.29) is 6.54 Å². The number of aldehydes is 1. The predicted molar refractivity (Wildman–Crippen MR) is 76.3 cm³/mol. The van der Waals surface area contributed by atoms with Gasteiger partial charge in [0, 0.05) is 22.5 Å². The molecule has 2 rings (SSSR count). The van der Waals surface area contributed by atoms with Crippen molar-refractivity contribution in [2.45, 2.75) is 6.42 Å². The summed E-state index contributed by atoms with van der Waals surface area (Å²) in [5.41, 5.74) is 3.50. The maximum Gasteiger partial charge on any atom is 0.139 e. The van der Waals surface area contributed by atoms with Gasteiger partial charge in [-0.15, -0.1) is 21.5 Å². The lowest BCUT2D eigenvalue weighted by Crippen LogP contribution is -2.09. The van der Waals surface area contributed by atoms with Gasteiger partial charge in [0.25, 0.3) is 0 Å². The molecular formula is C12H11N3OS2. The third-order valence-corrected chi connectivity index (χ3v) is 3.38. The number of nitrogens with one attached hydrogen (secondary N) is 1. The molecule has 0 saturated heterocycles. The van der Waals surface area contributed by atoms with Crippen LogP contribution in [-0.4, -0.2) is 27.9 Å². The van der Waals surface area contributed by atoms with Gasteiger partial charge < -0.3 is 10.1 Å². The van der Waals surface area contributed by atoms with Gasteiger partial charge in [-0.25, -0.2) is 0 Å². The van der Waals surface area contributed by atoms with Crippen molar-refractivity contribution in [3.05, 3.63) is 40.3 Å². The molecule has 0 unspecified atom stereocenters. The second-order valence-corrected chi connectivity index (χ2v) is 4.94. The summed E-state index contributed by atoms with van der Waals surface area (Å²) >= 11 is 6.90. The zero-order chi connectivity index (χ0) is 12.8. The second kappa shape index (κ2) is 6.32. The van der Waals surface area contributed by atoms with Crippen LogP contribution in [0.4, 0.5) is 5.69 Å². The maximum absolute atomic E-state index is 10.4. The van der Waals surface area contributed by atoms with Crippen LogP contribution in [0.3, 0.4) is 0 Å². The smallest absolute Gasteiger partial charge is 0.139 e. The standard InChI is InChI=1S/C12H11N3OS2/c16-6-5-13-10-4-2-1-3-9(10)11(17)7-12-15-14-8-18-12/h1-4,6,8,13H,5,7H2. The molecule has 0 aliphatic heterocycles. The highest BCUT2D eigenvalue weighted by atomic mass is 32.1. The lowest BCUT2D eigenvalue weighted by Gasteiger charge is -2.10. The van der Waals surface area contributed by atoms with Gasteiger partial charge in [-0.1, -0.05) is 30.4 Å². The van der Waals surface area contributed by atoms with Crippen molar-refractivity contribution in [3.8, 4) is 0 Å². The average Bonchev–Trinajstić information content (AvgIpc) is 2.89. The molecule has 1 heterocycles. The number of thiocarbonyl (C=S) groups is 1. The van der Waals surface area contributed by atoms with E-state index in [9.17, 15) is 4.79 Å². The summed E-state index contributed by atoms with van der Waals surface area (Å²) in [6, 6.07) is 7.68.